The Morgan fingerprint density at radius 1 is 0.865 bits per heavy atom. The van der Waals surface area contributed by atoms with Crippen LogP contribution in [0.25, 0.3) is 0 Å². The zero-order valence-electron chi connectivity index (χ0n) is 22.5. The molecule has 1 unspecified atom stereocenters. The van der Waals surface area contributed by atoms with Gasteiger partial charge in [0.2, 0.25) is 11.8 Å². The molecule has 1 saturated heterocycles. The maximum atomic E-state index is 12.4. The predicted molar refractivity (Wildman–Crippen MR) is 145 cm³/mol. The first-order valence-electron chi connectivity index (χ1n) is 14.1. The largest absolute Gasteiger partial charge is 0.695 e. The highest BCUT2D eigenvalue weighted by molar-refractivity contribution is 7.32. The number of carbonyl (C=O) groups is 2. The normalized spacial score (nSPS) is 17.8. The predicted octanol–water partition coefficient (Wildman–Crippen LogP) is 1.55. The lowest BCUT2D eigenvalue weighted by molar-refractivity contribution is -0.133. The van der Waals surface area contributed by atoms with Gasteiger partial charge < -0.3 is 31.7 Å². The van der Waals surface area contributed by atoms with Crippen molar-refractivity contribution in [2.24, 2.45) is 5.73 Å². The molecule has 216 valence electrons. The molecule has 2 amide bonds. The van der Waals surface area contributed by atoms with E-state index < -0.39 is 14.4 Å². The molecule has 12 heteroatoms. The third-order valence-corrected chi connectivity index (χ3v) is 7.06. The summed E-state index contributed by atoms with van der Waals surface area (Å²) in [6.07, 6.45) is 11.5. The number of hydrogen-bond acceptors (Lipinski definition) is 8. The van der Waals surface area contributed by atoms with Crippen LogP contribution >= 0.6 is 8.25 Å². The van der Waals surface area contributed by atoms with Crippen molar-refractivity contribution >= 4 is 20.1 Å². The molecule has 0 aromatic carbocycles. The average Bonchev–Trinajstić information content (AvgIpc) is 3.28. The molecule has 3 atom stereocenters. The van der Waals surface area contributed by atoms with Crippen LogP contribution in [0.15, 0.2) is 0 Å². The van der Waals surface area contributed by atoms with Crippen LogP contribution in [0.2, 0.25) is 0 Å². The van der Waals surface area contributed by atoms with Crippen LogP contribution in [0.5, 0.6) is 0 Å². The van der Waals surface area contributed by atoms with E-state index in [0.29, 0.717) is 38.8 Å². The lowest BCUT2D eigenvalue weighted by Gasteiger charge is -2.22. The van der Waals surface area contributed by atoms with Crippen molar-refractivity contribution < 1.29 is 28.7 Å². The average molecular weight is 549 g/mol. The van der Waals surface area contributed by atoms with Crippen LogP contribution in [0.3, 0.4) is 0 Å². The second-order valence-electron chi connectivity index (χ2n) is 9.76. The fourth-order valence-corrected chi connectivity index (χ4v) is 4.89. The summed E-state index contributed by atoms with van der Waals surface area (Å²) >= 11 is 0. The maximum absolute atomic E-state index is 12.4. The van der Waals surface area contributed by atoms with Crippen LogP contribution in [-0.2, 0) is 18.7 Å². The van der Waals surface area contributed by atoms with E-state index in [2.05, 4.69) is 16.0 Å². The third kappa shape index (κ3) is 17.8. The molecule has 1 fully saturated rings. The van der Waals surface area contributed by atoms with Gasteiger partial charge in [-0.15, -0.1) is 9.42 Å². The van der Waals surface area contributed by atoms with Gasteiger partial charge in [0.25, 0.3) is 0 Å². The van der Waals surface area contributed by atoms with E-state index >= 15 is 0 Å². The molecule has 0 spiro atoms. The van der Waals surface area contributed by atoms with E-state index in [0.717, 1.165) is 51.9 Å². The van der Waals surface area contributed by atoms with E-state index in [4.69, 9.17) is 15.2 Å². The summed E-state index contributed by atoms with van der Waals surface area (Å²) in [4.78, 5) is 34.8. The van der Waals surface area contributed by atoms with Crippen molar-refractivity contribution in [1.29, 1.82) is 0 Å². The lowest BCUT2D eigenvalue weighted by atomic mass is 10.1. The minimum Gasteiger partial charge on any atom is -0.394 e. The topological polar surface area (TPSA) is 166 Å². The van der Waals surface area contributed by atoms with Gasteiger partial charge in [0.05, 0.1) is 19.2 Å². The fraction of sp³-hybridized carbons (Fsp3) is 0.920. The molecule has 11 nitrogen and oxygen atoms in total. The highest BCUT2D eigenvalue weighted by Crippen LogP contribution is 2.28. The highest BCUT2D eigenvalue weighted by Gasteiger charge is 2.39. The number of rotatable bonds is 24. The van der Waals surface area contributed by atoms with Crippen molar-refractivity contribution in [3.63, 3.8) is 0 Å². The lowest BCUT2D eigenvalue weighted by Crippen LogP contribution is -2.37. The molecular formula is C25H51N5O6P+. The minimum atomic E-state index is -2.72. The second-order valence-corrected chi connectivity index (χ2v) is 10.4. The van der Waals surface area contributed by atoms with Crippen LogP contribution < -0.4 is 21.7 Å². The van der Waals surface area contributed by atoms with Crippen LogP contribution in [0.4, 0.5) is 0 Å². The number of carbonyl (C=O) groups excluding carboxylic acids is 2. The summed E-state index contributed by atoms with van der Waals surface area (Å²) in [5.41, 5.74) is 5.49. The van der Waals surface area contributed by atoms with Gasteiger partial charge in [0.1, 0.15) is 6.10 Å². The first-order chi connectivity index (χ1) is 18.0. The monoisotopic (exact) mass is 548 g/mol. The molecule has 1 heterocycles. The summed E-state index contributed by atoms with van der Waals surface area (Å²) in [5.74, 6) is -0.0537. The SMILES string of the molecule is NCCCCCCCCNCCCNCCC(=O)NCCCCCC(=O)N1C[C@H](O[P+](=O)O)C[C@H]1CO. The van der Waals surface area contributed by atoms with Crippen molar-refractivity contribution in [1.82, 2.24) is 20.9 Å². The van der Waals surface area contributed by atoms with E-state index in [1.165, 1.54) is 32.1 Å². The Labute approximate surface area is 223 Å². The van der Waals surface area contributed by atoms with E-state index in [-0.39, 0.29) is 31.0 Å². The molecule has 37 heavy (non-hydrogen) atoms. The van der Waals surface area contributed by atoms with Crippen molar-refractivity contribution in [3.05, 3.63) is 0 Å². The molecule has 0 aliphatic carbocycles. The number of unbranched alkanes of at least 4 members (excludes halogenated alkanes) is 7. The zero-order chi connectivity index (χ0) is 27.1. The minimum absolute atomic E-state index is 0.0317. The highest BCUT2D eigenvalue weighted by atomic mass is 31.1. The number of aliphatic hydroxyl groups excluding tert-OH is 1. The van der Waals surface area contributed by atoms with Crippen molar-refractivity contribution in [2.45, 2.75) is 95.6 Å². The molecule has 0 saturated carbocycles. The summed E-state index contributed by atoms with van der Waals surface area (Å²) in [6, 6.07) is -0.372. The van der Waals surface area contributed by atoms with Gasteiger partial charge >= 0.3 is 8.25 Å². The van der Waals surface area contributed by atoms with Crippen molar-refractivity contribution in [2.75, 3.05) is 52.4 Å². The van der Waals surface area contributed by atoms with Gasteiger partial charge in [-0.05, 0) is 58.3 Å². The number of nitrogens with one attached hydrogen (secondary N) is 3. The Morgan fingerprint density at radius 2 is 1.49 bits per heavy atom. The van der Waals surface area contributed by atoms with Crippen LogP contribution in [0, 0.1) is 0 Å². The number of nitrogens with two attached hydrogens (primary N) is 1. The molecule has 0 aromatic rings. The summed E-state index contributed by atoms with van der Waals surface area (Å²) in [7, 11) is -2.72. The van der Waals surface area contributed by atoms with E-state index in [9.17, 15) is 19.3 Å². The standard InChI is InChI=1S/C25H50N5O6P/c26-13-7-3-1-2-4-8-14-27-15-10-16-28-18-12-24(32)29-17-9-5-6-11-25(33)30-20-23(36-37(34)35)19-22(30)21-31/h22-23,27-28,31H,1-21,26H2,(H-,29,32,34,35)/p+1/t22-,23+/m0/s1. The number of nitrogens with zero attached hydrogens (tertiary/aromatic N) is 1. The first kappa shape index (κ1) is 33.8. The number of aliphatic hydroxyl groups is 1. The van der Waals surface area contributed by atoms with Crippen LogP contribution in [-0.4, -0.2) is 91.3 Å². The summed E-state index contributed by atoms with van der Waals surface area (Å²) in [6.45, 7) is 5.05. The van der Waals surface area contributed by atoms with E-state index in [1.54, 1.807) is 4.90 Å². The van der Waals surface area contributed by atoms with Gasteiger partial charge in [-0.3, -0.25) is 9.59 Å². The van der Waals surface area contributed by atoms with Gasteiger partial charge in [0, 0.05) is 36.9 Å². The molecule has 1 aliphatic heterocycles. The molecule has 0 aromatic heterocycles. The Bertz CT molecular complexity index is 630. The Morgan fingerprint density at radius 3 is 2.19 bits per heavy atom. The first-order valence-corrected chi connectivity index (χ1v) is 15.2. The number of amides is 2. The Balaban J connectivity index is 1.90. The molecular weight excluding hydrogens is 497 g/mol. The maximum Gasteiger partial charge on any atom is 0.695 e. The smallest absolute Gasteiger partial charge is 0.394 e. The van der Waals surface area contributed by atoms with Gasteiger partial charge in [-0.25, -0.2) is 0 Å². The van der Waals surface area contributed by atoms with Gasteiger partial charge in [0.15, 0.2) is 0 Å². The number of likely N-dealkylation sites (tertiary alicyclic amines) is 1. The summed E-state index contributed by atoms with van der Waals surface area (Å²) in [5, 5.41) is 19.2. The van der Waals surface area contributed by atoms with Crippen molar-refractivity contribution in [3.8, 4) is 0 Å². The molecule has 1 rings (SSSR count). The van der Waals surface area contributed by atoms with Gasteiger partial charge in [-0.1, -0.05) is 32.1 Å². The fourth-order valence-electron chi connectivity index (χ4n) is 4.49. The van der Waals surface area contributed by atoms with E-state index in [1.807, 2.05) is 0 Å². The molecule has 7 N–H and O–H groups in total. The van der Waals surface area contributed by atoms with Crippen LogP contribution in [0.1, 0.15) is 83.5 Å². The Hall–Kier alpha value is -1.20. The molecule has 1 aliphatic rings. The summed E-state index contributed by atoms with van der Waals surface area (Å²) < 4.78 is 15.7. The van der Waals surface area contributed by atoms with Gasteiger partial charge in [-0.2, -0.15) is 0 Å². The quantitative estimate of drug-likeness (QED) is 0.0775. The Kier molecular flexibility index (Phi) is 20.8. The zero-order valence-corrected chi connectivity index (χ0v) is 23.4. The third-order valence-electron chi connectivity index (χ3n) is 6.58. The number of hydrogen-bond donors (Lipinski definition) is 6. The second kappa shape index (κ2) is 22.8. The molecule has 0 bridgehead atoms. The molecule has 0 radical (unpaired) electrons.